The van der Waals surface area contributed by atoms with Crippen molar-refractivity contribution in [1.29, 1.82) is 0 Å². The van der Waals surface area contributed by atoms with Crippen molar-refractivity contribution in [2.75, 3.05) is 11.6 Å². The molecule has 23 heavy (non-hydrogen) atoms. The lowest BCUT2D eigenvalue weighted by Crippen LogP contribution is -2.23. The summed E-state index contributed by atoms with van der Waals surface area (Å²) in [4.78, 5) is 5.30. The summed E-state index contributed by atoms with van der Waals surface area (Å²) < 4.78 is 11.4. The van der Waals surface area contributed by atoms with Crippen LogP contribution in [-0.4, -0.2) is 16.4 Å². The number of nitrogens with one attached hydrogen (secondary N) is 1. The highest BCUT2D eigenvalue weighted by Gasteiger charge is 2.06. The molecule has 0 aliphatic rings. The Morgan fingerprint density at radius 1 is 1.13 bits per heavy atom. The van der Waals surface area contributed by atoms with E-state index in [9.17, 15) is 4.21 Å². The average molecular weight is 329 g/mol. The number of hydrogen-bond acceptors (Lipinski definition) is 2. The van der Waals surface area contributed by atoms with Gasteiger partial charge in [-0.1, -0.05) is 18.2 Å². The van der Waals surface area contributed by atoms with E-state index in [0.717, 1.165) is 16.1 Å². The molecular weight excluding hydrogens is 306 g/mol. The number of hydrogen-bond donors (Lipinski definition) is 2. The number of anilines is 1. The van der Waals surface area contributed by atoms with Crippen LogP contribution < -0.4 is 11.1 Å². The van der Waals surface area contributed by atoms with Gasteiger partial charge in [-0.15, -0.1) is 0 Å². The first kappa shape index (κ1) is 17.2. The second kappa shape index (κ2) is 7.42. The minimum Gasteiger partial charge on any atom is -0.370 e. The van der Waals surface area contributed by atoms with E-state index in [2.05, 4.69) is 16.4 Å². The Bertz CT molecular complexity index is 718. The number of nitrogens with two attached hydrogens (primary N) is 1. The first-order valence-electron chi connectivity index (χ1n) is 7.47. The van der Waals surface area contributed by atoms with E-state index in [0.29, 0.717) is 5.96 Å². The molecule has 0 heterocycles. The van der Waals surface area contributed by atoms with Gasteiger partial charge in [0.05, 0.1) is 6.04 Å². The van der Waals surface area contributed by atoms with Gasteiger partial charge in [-0.05, 0) is 61.7 Å². The number of rotatable bonds is 4. The van der Waals surface area contributed by atoms with Crippen molar-refractivity contribution in [1.82, 2.24) is 0 Å². The molecule has 2 aromatic rings. The minimum atomic E-state index is -0.965. The normalized spacial score (nSPS) is 14.3. The highest BCUT2D eigenvalue weighted by atomic mass is 32.2. The topological polar surface area (TPSA) is 67.5 Å². The quantitative estimate of drug-likeness (QED) is 0.666. The Morgan fingerprint density at radius 3 is 2.22 bits per heavy atom. The van der Waals surface area contributed by atoms with E-state index in [1.54, 1.807) is 6.26 Å². The Kier molecular flexibility index (Phi) is 5.55. The lowest BCUT2D eigenvalue weighted by atomic mass is 10.1. The van der Waals surface area contributed by atoms with Crippen LogP contribution in [0.1, 0.15) is 29.7 Å². The standard InChI is InChI=1S/C18H23N3OS/c1-12-9-13(2)11-16(10-12)21-18(19)20-14(3)15-5-7-17(8-6-15)23(4)22/h5-11,14H,1-4H3,(H3,19,20,21). The SMILES string of the molecule is Cc1cc(C)cc(NC(N)=NC(C)c2ccc(S(C)=O)cc2)c1. The number of aryl methyl sites for hydroxylation is 2. The van der Waals surface area contributed by atoms with Crippen molar-refractivity contribution < 1.29 is 4.21 Å². The molecule has 5 heteroatoms. The van der Waals surface area contributed by atoms with Gasteiger partial charge in [-0.3, -0.25) is 4.21 Å². The summed E-state index contributed by atoms with van der Waals surface area (Å²) >= 11 is 0. The highest BCUT2D eigenvalue weighted by Crippen LogP contribution is 2.19. The van der Waals surface area contributed by atoms with Gasteiger partial charge in [0.1, 0.15) is 0 Å². The second-order valence-corrected chi connectivity index (χ2v) is 7.09. The Balaban J connectivity index is 2.11. The lowest BCUT2D eigenvalue weighted by Gasteiger charge is -2.12. The summed E-state index contributed by atoms with van der Waals surface area (Å²) in [6.07, 6.45) is 1.67. The molecule has 0 saturated heterocycles. The van der Waals surface area contributed by atoms with Crippen molar-refractivity contribution in [3.05, 3.63) is 59.2 Å². The van der Waals surface area contributed by atoms with Crippen molar-refractivity contribution in [2.24, 2.45) is 10.7 Å². The molecule has 3 N–H and O–H groups in total. The molecule has 0 saturated carbocycles. The van der Waals surface area contributed by atoms with Gasteiger partial charge in [-0.2, -0.15) is 0 Å². The third-order valence-corrected chi connectivity index (χ3v) is 4.46. The summed E-state index contributed by atoms with van der Waals surface area (Å²) in [5.74, 6) is 0.380. The van der Waals surface area contributed by atoms with Crippen LogP contribution in [0.25, 0.3) is 0 Å². The van der Waals surface area contributed by atoms with Crippen LogP contribution in [-0.2, 0) is 10.8 Å². The number of nitrogens with zero attached hydrogens (tertiary/aromatic N) is 1. The second-order valence-electron chi connectivity index (χ2n) is 5.71. The third kappa shape index (κ3) is 4.93. The number of benzene rings is 2. The van der Waals surface area contributed by atoms with Gasteiger partial charge in [0.25, 0.3) is 0 Å². The van der Waals surface area contributed by atoms with Gasteiger partial charge >= 0.3 is 0 Å². The molecule has 0 spiro atoms. The molecule has 0 aromatic heterocycles. The first-order valence-corrected chi connectivity index (χ1v) is 9.03. The lowest BCUT2D eigenvalue weighted by molar-refractivity contribution is 0.686. The van der Waals surface area contributed by atoms with E-state index >= 15 is 0 Å². The van der Waals surface area contributed by atoms with E-state index in [-0.39, 0.29) is 6.04 Å². The van der Waals surface area contributed by atoms with Crippen LogP contribution in [0.2, 0.25) is 0 Å². The van der Waals surface area contributed by atoms with Crippen LogP contribution >= 0.6 is 0 Å². The monoisotopic (exact) mass is 329 g/mol. The largest absolute Gasteiger partial charge is 0.370 e. The van der Waals surface area contributed by atoms with Crippen molar-refractivity contribution in [2.45, 2.75) is 31.7 Å². The van der Waals surface area contributed by atoms with Gasteiger partial charge in [0.2, 0.25) is 0 Å². The summed E-state index contributed by atoms with van der Waals surface area (Å²) in [7, 11) is -0.965. The molecule has 0 aliphatic heterocycles. The van der Waals surface area contributed by atoms with E-state index in [4.69, 9.17) is 5.73 Å². The van der Waals surface area contributed by atoms with Crippen molar-refractivity contribution in [3.8, 4) is 0 Å². The van der Waals surface area contributed by atoms with E-state index in [1.165, 1.54) is 11.1 Å². The summed E-state index contributed by atoms with van der Waals surface area (Å²) in [6.45, 7) is 6.08. The van der Waals surface area contributed by atoms with Crippen LogP contribution in [0, 0.1) is 13.8 Å². The fraction of sp³-hybridized carbons (Fsp3) is 0.278. The number of aliphatic imine (C=N–C) groups is 1. The van der Waals surface area contributed by atoms with Crippen LogP contribution in [0.15, 0.2) is 52.4 Å². The zero-order chi connectivity index (χ0) is 17.0. The minimum absolute atomic E-state index is 0.0762. The zero-order valence-corrected chi connectivity index (χ0v) is 14.8. The predicted octanol–water partition coefficient (Wildman–Crippen LogP) is 3.53. The Hall–Kier alpha value is -2.14. The third-order valence-electron chi connectivity index (χ3n) is 3.52. The smallest absolute Gasteiger partial charge is 0.193 e. The van der Waals surface area contributed by atoms with E-state index < -0.39 is 10.8 Å². The van der Waals surface area contributed by atoms with Crippen LogP contribution in [0.5, 0.6) is 0 Å². The van der Waals surface area contributed by atoms with Crippen LogP contribution in [0.3, 0.4) is 0 Å². The molecule has 2 atom stereocenters. The van der Waals surface area contributed by atoms with Crippen LogP contribution in [0.4, 0.5) is 5.69 Å². The molecule has 0 amide bonds. The average Bonchev–Trinajstić information content (AvgIpc) is 2.45. The zero-order valence-electron chi connectivity index (χ0n) is 14.0. The molecule has 0 fully saturated rings. The fourth-order valence-corrected chi connectivity index (χ4v) is 2.97. The van der Waals surface area contributed by atoms with Gasteiger partial charge in [0, 0.05) is 27.6 Å². The maximum absolute atomic E-state index is 11.4. The molecule has 4 nitrogen and oxygen atoms in total. The van der Waals surface area contributed by atoms with E-state index in [1.807, 2.05) is 57.2 Å². The molecule has 0 radical (unpaired) electrons. The molecule has 122 valence electrons. The molecule has 2 aromatic carbocycles. The van der Waals surface area contributed by atoms with Crippen molar-refractivity contribution in [3.63, 3.8) is 0 Å². The van der Waals surface area contributed by atoms with Gasteiger partial charge in [-0.25, -0.2) is 4.99 Å². The molecule has 0 aliphatic carbocycles. The first-order chi connectivity index (χ1) is 10.8. The summed E-state index contributed by atoms with van der Waals surface area (Å²) in [5.41, 5.74) is 10.3. The Morgan fingerprint density at radius 2 is 1.70 bits per heavy atom. The maximum Gasteiger partial charge on any atom is 0.193 e. The summed E-state index contributed by atoms with van der Waals surface area (Å²) in [6, 6.07) is 13.7. The van der Waals surface area contributed by atoms with Crippen molar-refractivity contribution >= 4 is 22.4 Å². The van der Waals surface area contributed by atoms with Gasteiger partial charge < -0.3 is 11.1 Å². The fourth-order valence-electron chi connectivity index (χ4n) is 2.45. The maximum atomic E-state index is 11.4. The molecule has 2 unspecified atom stereocenters. The molecule has 0 bridgehead atoms. The number of guanidine groups is 1. The molecule has 2 rings (SSSR count). The summed E-state index contributed by atoms with van der Waals surface area (Å²) in [5, 5.41) is 3.13. The molecular formula is C18H23N3OS. The predicted molar refractivity (Wildman–Crippen MR) is 98.4 cm³/mol. The highest BCUT2D eigenvalue weighted by molar-refractivity contribution is 7.84. The Labute approximate surface area is 140 Å². The van der Waals surface area contributed by atoms with Gasteiger partial charge in [0.15, 0.2) is 5.96 Å².